The molecule has 0 bridgehead atoms. The summed E-state index contributed by atoms with van der Waals surface area (Å²) in [4.78, 5) is 13.8. The largest absolute Gasteiger partial charge is 0.367 e. The summed E-state index contributed by atoms with van der Waals surface area (Å²) in [6.45, 7) is 0. The normalized spacial score (nSPS) is 14.3. The molecule has 0 aromatic carbocycles. The van der Waals surface area contributed by atoms with Crippen molar-refractivity contribution in [1.82, 2.24) is 4.98 Å². The lowest BCUT2D eigenvalue weighted by molar-refractivity contribution is -0.385. The zero-order chi connectivity index (χ0) is 9.26. The minimum Gasteiger partial charge on any atom is -0.367 e. The highest BCUT2D eigenvalue weighted by molar-refractivity contribution is 5.85. The van der Waals surface area contributed by atoms with E-state index in [1.807, 2.05) is 0 Å². The smallest absolute Gasteiger partial charge is 0.287 e. The number of anilines is 1. The first-order valence-electron chi connectivity index (χ1n) is 4.13. The number of rotatable bonds is 3. The second-order valence-electron chi connectivity index (χ2n) is 3.08. The Morgan fingerprint density at radius 1 is 1.50 bits per heavy atom. The molecule has 0 unspecified atom stereocenters. The SMILES string of the molecule is Cl.O=[N+]([O-])c1ccc(NC2CC2)nc1. The minimum absolute atomic E-state index is 0. The highest BCUT2D eigenvalue weighted by Gasteiger charge is 2.21. The van der Waals surface area contributed by atoms with Crippen LogP contribution in [0.1, 0.15) is 12.8 Å². The van der Waals surface area contributed by atoms with Gasteiger partial charge in [0, 0.05) is 12.1 Å². The van der Waals surface area contributed by atoms with Gasteiger partial charge in [0.05, 0.1) is 4.92 Å². The Bertz CT molecular complexity index is 324. The molecule has 0 saturated heterocycles. The van der Waals surface area contributed by atoms with Gasteiger partial charge in [-0.25, -0.2) is 4.98 Å². The molecule has 0 aliphatic heterocycles. The van der Waals surface area contributed by atoms with Crippen molar-refractivity contribution in [3.05, 3.63) is 28.4 Å². The van der Waals surface area contributed by atoms with E-state index in [0.29, 0.717) is 11.9 Å². The number of nitrogens with zero attached hydrogens (tertiary/aromatic N) is 2. The van der Waals surface area contributed by atoms with Gasteiger partial charge in [0.1, 0.15) is 12.0 Å². The molecule has 6 heteroatoms. The van der Waals surface area contributed by atoms with Crippen LogP contribution in [0.2, 0.25) is 0 Å². The van der Waals surface area contributed by atoms with Crippen molar-refractivity contribution in [3.63, 3.8) is 0 Å². The predicted molar refractivity (Wildman–Crippen MR) is 54.8 cm³/mol. The molecule has 14 heavy (non-hydrogen) atoms. The van der Waals surface area contributed by atoms with E-state index >= 15 is 0 Å². The summed E-state index contributed by atoms with van der Waals surface area (Å²) < 4.78 is 0. The molecule has 0 atom stereocenters. The Morgan fingerprint density at radius 2 is 2.21 bits per heavy atom. The maximum Gasteiger partial charge on any atom is 0.287 e. The Labute approximate surface area is 87.1 Å². The fourth-order valence-corrected chi connectivity index (χ4v) is 1.02. The van der Waals surface area contributed by atoms with Crippen LogP contribution in [0, 0.1) is 10.1 Å². The molecule has 1 fully saturated rings. The van der Waals surface area contributed by atoms with Crippen LogP contribution in [-0.4, -0.2) is 15.9 Å². The quantitative estimate of drug-likeness (QED) is 0.619. The van der Waals surface area contributed by atoms with Crippen molar-refractivity contribution >= 4 is 23.9 Å². The average Bonchev–Trinajstić information content (AvgIpc) is 2.89. The second kappa shape index (κ2) is 4.23. The molecule has 1 N–H and O–H groups in total. The van der Waals surface area contributed by atoms with Gasteiger partial charge in [-0.3, -0.25) is 10.1 Å². The Kier molecular flexibility index (Phi) is 3.24. The van der Waals surface area contributed by atoms with E-state index in [-0.39, 0.29) is 18.1 Å². The molecule has 1 aromatic heterocycles. The van der Waals surface area contributed by atoms with Gasteiger partial charge < -0.3 is 5.32 Å². The zero-order valence-electron chi connectivity index (χ0n) is 7.34. The first kappa shape index (κ1) is 10.7. The molecule has 0 radical (unpaired) electrons. The van der Waals surface area contributed by atoms with Crippen molar-refractivity contribution in [2.45, 2.75) is 18.9 Å². The van der Waals surface area contributed by atoms with Gasteiger partial charge in [-0.2, -0.15) is 0 Å². The monoisotopic (exact) mass is 215 g/mol. The fraction of sp³-hybridized carbons (Fsp3) is 0.375. The van der Waals surface area contributed by atoms with Crippen LogP contribution in [-0.2, 0) is 0 Å². The summed E-state index contributed by atoms with van der Waals surface area (Å²) in [6.07, 6.45) is 3.60. The van der Waals surface area contributed by atoms with Crippen LogP contribution in [0.25, 0.3) is 0 Å². The lowest BCUT2D eigenvalue weighted by atomic mass is 10.4. The third-order valence-corrected chi connectivity index (χ3v) is 1.89. The summed E-state index contributed by atoms with van der Waals surface area (Å²) in [6, 6.07) is 3.61. The maximum absolute atomic E-state index is 10.3. The summed E-state index contributed by atoms with van der Waals surface area (Å²) >= 11 is 0. The van der Waals surface area contributed by atoms with Gasteiger partial charge in [-0.05, 0) is 18.9 Å². The fourth-order valence-electron chi connectivity index (χ4n) is 1.02. The highest BCUT2D eigenvalue weighted by Crippen LogP contribution is 2.24. The Morgan fingerprint density at radius 3 is 2.64 bits per heavy atom. The summed E-state index contributed by atoms with van der Waals surface area (Å²) in [7, 11) is 0. The summed E-state index contributed by atoms with van der Waals surface area (Å²) in [5.41, 5.74) is 0.0290. The van der Waals surface area contributed by atoms with E-state index in [1.54, 1.807) is 6.07 Å². The predicted octanol–water partition coefficient (Wildman–Crippen LogP) is 1.99. The number of aromatic nitrogens is 1. The van der Waals surface area contributed by atoms with Gasteiger partial charge in [0.2, 0.25) is 0 Å². The van der Waals surface area contributed by atoms with Gasteiger partial charge in [-0.1, -0.05) is 0 Å². The average molecular weight is 216 g/mol. The molecule has 2 rings (SSSR count). The molecule has 1 saturated carbocycles. The molecule has 76 valence electrons. The standard InChI is InChI=1S/C8H9N3O2.ClH/c12-11(13)7-3-4-8(9-5-7)10-6-1-2-6;/h3-6H,1-2H2,(H,9,10);1H. The van der Waals surface area contributed by atoms with Crippen LogP contribution in [0.3, 0.4) is 0 Å². The third kappa shape index (κ3) is 2.56. The number of nitro groups is 1. The Balaban J connectivity index is 0.000000980. The topological polar surface area (TPSA) is 68.1 Å². The van der Waals surface area contributed by atoms with Crippen LogP contribution in [0.15, 0.2) is 18.3 Å². The van der Waals surface area contributed by atoms with Crippen molar-refractivity contribution < 1.29 is 4.92 Å². The van der Waals surface area contributed by atoms with Gasteiger partial charge in [0.15, 0.2) is 0 Å². The molecule has 1 heterocycles. The van der Waals surface area contributed by atoms with E-state index in [2.05, 4.69) is 10.3 Å². The molecular weight excluding hydrogens is 206 g/mol. The number of halogens is 1. The zero-order valence-corrected chi connectivity index (χ0v) is 8.16. The molecule has 1 aliphatic rings. The van der Waals surface area contributed by atoms with E-state index < -0.39 is 4.92 Å². The maximum atomic E-state index is 10.3. The first-order chi connectivity index (χ1) is 6.25. The number of hydrogen-bond acceptors (Lipinski definition) is 4. The number of nitrogens with one attached hydrogen (secondary N) is 1. The van der Waals surface area contributed by atoms with E-state index in [1.165, 1.54) is 25.1 Å². The number of pyridine rings is 1. The minimum atomic E-state index is -0.450. The van der Waals surface area contributed by atoms with Gasteiger partial charge in [0.25, 0.3) is 5.69 Å². The first-order valence-corrected chi connectivity index (χ1v) is 4.13. The van der Waals surface area contributed by atoms with Crippen LogP contribution < -0.4 is 5.32 Å². The highest BCUT2D eigenvalue weighted by atomic mass is 35.5. The molecule has 0 amide bonds. The molecule has 1 aliphatic carbocycles. The van der Waals surface area contributed by atoms with Gasteiger partial charge >= 0.3 is 0 Å². The molecule has 5 nitrogen and oxygen atoms in total. The second-order valence-corrected chi connectivity index (χ2v) is 3.08. The van der Waals surface area contributed by atoms with Crippen LogP contribution >= 0.6 is 12.4 Å². The van der Waals surface area contributed by atoms with E-state index in [9.17, 15) is 10.1 Å². The summed E-state index contributed by atoms with van der Waals surface area (Å²) in [5, 5.41) is 13.4. The third-order valence-electron chi connectivity index (χ3n) is 1.89. The van der Waals surface area contributed by atoms with Crippen LogP contribution in [0.4, 0.5) is 11.5 Å². The van der Waals surface area contributed by atoms with Crippen molar-refractivity contribution in [3.8, 4) is 0 Å². The van der Waals surface area contributed by atoms with Crippen molar-refractivity contribution in [1.29, 1.82) is 0 Å². The molecular formula is C8H10ClN3O2. The molecule has 1 aromatic rings. The lowest BCUT2D eigenvalue weighted by Gasteiger charge is -2.00. The van der Waals surface area contributed by atoms with Crippen molar-refractivity contribution in [2.75, 3.05) is 5.32 Å². The summed E-state index contributed by atoms with van der Waals surface area (Å²) in [5.74, 6) is 0.716. The van der Waals surface area contributed by atoms with E-state index in [0.717, 1.165) is 0 Å². The lowest BCUT2D eigenvalue weighted by Crippen LogP contribution is -2.02. The van der Waals surface area contributed by atoms with E-state index in [4.69, 9.17) is 0 Å². The van der Waals surface area contributed by atoms with Crippen molar-refractivity contribution in [2.24, 2.45) is 0 Å². The van der Waals surface area contributed by atoms with Gasteiger partial charge in [-0.15, -0.1) is 12.4 Å². The van der Waals surface area contributed by atoms with Crippen LogP contribution in [0.5, 0.6) is 0 Å². The Hall–Kier alpha value is -1.36. The molecule has 0 spiro atoms. The number of hydrogen-bond donors (Lipinski definition) is 1.